The van der Waals surface area contributed by atoms with Crippen molar-refractivity contribution in [3.8, 4) is 0 Å². The van der Waals surface area contributed by atoms with Gasteiger partial charge in [0.25, 0.3) is 0 Å². The second-order valence-electron chi connectivity index (χ2n) is 4.90. The third-order valence-corrected chi connectivity index (χ3v) is 5.98. The van der Waals surface area contributed by atoms with Crippen molar-refractivity contribution in [3.05, 3.63) is 0 Å². The van der Waals surface area contributed by atoms with Crippen molar-refractivity contribution in [2.45, 2.75) is 49.8 Å². The van der Waals surface area contributed by atoms with Crippen molar-refractivity contribution in [2.75, 3.05) is 18.6 Å². The Balaban J connectivity index is 1.91. The first-order valence-corrected chi connectivity index (χ1v) is 8.44. The van der Waals surface area contributed by atoms with Gasteiger partial charge in [0, 0.05) is 16.5 Å². The molecule has 2 rings (SSSR count). The minimum Gasteiger partial charge on any atom is -0.362 e. The number of amidine groups is 1. The van der Waals surface area contributed by atoms with Gasteiger partial charge in [0.15, 0.2) is 5.17 Å². The Kier molecular flexibility index (Phi) is 4.48. The number of nitrogens with one attached hydrogen (secondary N) is 1. The summed E-state index contributed by atoms with van der Waals surface area (Å²) in [5.41, 5.74) is 0. The molecule has 0 aromatic carbocycles. The zero-order chi connectivity index (χ0) is 11.4. The molecule has 92 valence electrons. The van der Waals surface area contributed by atoms with Crippen LogP contribution in [0.15, 0.2) is 4.99 Å². The van der Waals surface area contributed by atoms with E-state index < -0.39 is 0 Å². The predicted molar refractivity (Wildman–Crippen MR) is 76.7 cm³/mol. The zero-order valence-electron chi connectivity index (χ0n) is 10.3. The van der Waals surface area contributed by atoms with Crippen molar-refractivity contribution in [3.63, 3.8) is 0 Å². The van der Waals surface area contributed by atoms with E-state index in [4.69, 9.17) is 4.99 Å². The van der Waals surface area contributed by atoms with Gasteiger partial charge in [-0.2, -0.15) is 11.8 Å². The van der Waals surface area contributed by atoms with Crippen molar-refractivity contribution in [1.29, 1.82) is 0 Å². The number of rotatable bonds is 3. The second kappa shape index (κ2) is 5.67. The largest absolute Gasteiger partial charge is 0.362 e. The molecule has 2 nitrogen and oxygen atoms in total. The van der Waals surface area contributed by atoms with Crippen LogP contribution in [-0.4, -0.2) is 34.5 Å². The highest BCUT2D eigenvalue weighted by Gasteiger charge is 2.32. The molecule has 1 saturated heterocycles. The van der Waals surface area contributed by atoms with Crippen LogP contribution in [0.25, 0.3) is 0 Å². The molecule has 16 heavy (non-hydrogen) atoms. The smallest absolute Gasteiger partial charge is 0.156 e. The first-order chi connectivity index (χ1) is 7.74. The van der Waals surface area contributed by atoms with Gasteiger partial charge in [-0.3, -0.25) is 4.99 Å². The molecule has 1 heterocycles. The second-order valence-corrected chi connectivity index (χ2v) is 7.26. The van der Waals surface area contributed by atoms with Crippen LogP contribution in [-0.2, 0) is 0 Å². The highest BCUT2D eigenvalue weighted by molar-refractivity contribution is 8.13. The van der Waals surface area contributed by atoms with Gasteiger partial charge in [-0.15, -0.1) is 0 Å². The first kappa shape index (κ1) is 12.6. The Labute approximate surface area is 107 Å². The first-order valence-electron chi connectivity index (χ1n) is 6.23. The van der Waals surface area contributed by atoms with Crippen molar-refractivity contribution in [1.82, 2.24) is 5.32 Å². The number of thioether (sulfide) groups is 2. The molecule has 0 radical (unpaired) electrons. The molecule has 4 heteroatoms. The number of aliphatic imine (C=N–C) groups is 1. The third kappa shape index (κ3) is 3.10. The zero-order valence-corrected chi connectivity index (χ0v) is 11.9. The Morgan fingerprint density at radius 2 is 2.25 bits per heavy atom. The molecule has 1 unspecified atom stereocenters. The molecule has 0 bridgehead atoms. The Hall–Kier alpha value is 0.170. The molecule has 0 amide bonds. The Morgan fingerprint density at radius 1 is 1.50 bits per heavy atom. The van der Waals surface area contributed by atoms with E-state index >= 15 is 0 Å². The fourth-order valence-electron chi connectivity index (χ4n) is 2.41. The van der Waals surface area contributed by atoms with Gasteiger partial charge in [0.2, 0.25) is 0 Å². The standard InChI is InChI=1S/C12H22N2S2/c1-10-5-8-16-11(14-10)13-9-12(15-2)6-3-4-7-12/h10H,3-9H2,1-2H3,(H,13,14). The van der Waals surface area contributed by atoms with Gasteiger partial charge in [-0.1, -0.05) is 24.6 Å². The van der Waals surface area contributed by atoms with E-state index in [9.17, 15) is 0 Å². The molecule has 0 aromatic heterocycles. The predicted octanol–water partition coefficient (Wildman–Crippen LogP) is 3.13. The average molecular weight is 258 g/mol. The number of hydrogen-bond donors (Lipinski definition) is 1. The summed E-state index contributed by atoms with van der Waals surface area (Å²) in [6.07, 6.45) is 8.99. The molecule has 1 atom stereocenters. The van der Waals surface area contributed by atoms with E-state index in [1.807, 2.05) is 23.5 Å². The number of nitrogens with zero attached hydrogens (tertiary/aromatic N) is 1. The van der Waals surface area contributed by atoms with Crippen LogP contribution < -0.4 is 5.32 Å². The average Bonchev–Trinajstić information content (AvgIpc) is 2.76. The molecule has 2 fully saturated rings. The van der Waals surface area contributed by atoms with Crippen molar-refractivity contribution in [2.24, 2.45) is 4.99 Å². The van der Waals surface area contributed by atoms with E-state index in [1.165, 1.54) is 43.0 Å². The van der Waals surface area contributed by atoms with E-state index in [1.54, 1.807) is 0 Å². The normalized spacial score (nSPS) is 31.6. The molecular weight excluding hydrogens is 236 g/mol. The molecule has 0 spiro atoms. The van der Waals surface area contributed by atoms with E-state index in [2.05, 4.69) is 18.5 Å². The Bertz CT molecular complexity index is 260. The fourth-order valence-corrected chi connectivity index (χ4v) is 4.41. The summed E-state index contributed by atoms with van der Waals surface area (Å²) in [5.74, 6) is 1.22. The van der Waals surface area contributed by atoms with Crippen LogP contribution in [0.1, 0.15) is 39.0 Å². The topological polar surface area (TPSA) is 24.4 Å². The summed E-state index contributed by atoms with van der Waals surface area (Å²) in [6, 6.07) is 0.605. The van der Waals surface area contributed by atoms with Gasteiger partial charge >= 0.3 is 0 Å². The maximum absolute atomic E-state index is 4.81. The maximum Gasteiger partial charge on any atom is 0.156 e. The summed E-state index contributed by atoms with van der Waals surface area (Å²) in [4.78, 5) is 4.81. The number of hydrogen-bond acceptors (Lipinski definition) is 3. The molecule has 0 aromatic rings. The lowest BCUT2D eigenvalue weighted by molar-refractivity contribution is 0.610. The van der Waals surface area contributed by atoms with E-state index in [0.29, 0.717) is 10.8 Å². The lowest BCUT2D eigenvalue weighted by Crippen LogP contribution is -2.36. The fraction of sp³-hybridized carbons (Fsp3) is 0.917. The third-order valence-electron chi connectivity index (χ3n) is 3.62. The van der Waals surface area contributed by atoms with E-state index in [0.717, 1.165) is 6.54 Å². The summed E-state index contributed by atoms with van der Waals surface area (Å²) in [5, 5.41) is 4.66. The SMILES string of the molecule is CSC1(CN=C2NC(C)CCS2)CCCC1. The lowest BCUT2D eigenvalue weighted by atomic mass is 10.1. The van der Waals surface area contributed by atoms with Gasteiger partial charge in [0.1, 0.15) is 0 Å². The molecule has 1 aliphatic carbocycles. The summed E-state index contributed by atoms with van der Waals surface area (Å²) in [7, 11) is 0. The molecule has 1 N–H and O–H groups in total. The van der Waals surface area contributed by atoms with Crippen LogP contribution in [0.5, 0.6) is 0 Å². The van der Waals surface area contributed by atoms with Crippen LogP contribution in [0, 0.1) is 0 Å². The summed E-state index contributed by atoms with van der Waals surface area (Å²) >= 11 is 3.91. The molecule has 2 aliphatic rings. The molecule has 1 aliphatic heterocycles. The van der Waals surface area contributed by atoms with Crippen LogP contribution in [0.2, 0.25) is 0 Å². The maximum atomic E-state index is 4.81. The summed E-state index contributed by atoms with van der Waals surface area (Å²) in [6.45, 7) is 3.26. The quantitative estimate of drug-likeness (QED) is 0.841. The minimum absolute atomic E-state index is 0.454. The summed E-state index contributed by atoms with van der Waals surface area (Å²) < 4.78 is 0.454. The van der Waals surface area contributed by atoms with E-state index in [-0.39, 0.29) is 0 Å². The molecular formula is C12H22N2S2. The van der Waals surface area contributed by atoms with Crippen molar-refractivity contribution >= 4 is 28.7 Å². The monoisotopic (exact) mass is 258 g/mol. The lowest BCUT2D eigenvalue weighted by Gasteiger charge is -2.27. The van der Waals surface area contributed by atoms with Crippen LogP contribution in [0.3, 0.4) is 0 Å². The minimum atomic E-state index is 0.454. The van der Waals surface area contributed by atoms with Gasteiger partial charge in [-0.25, -0.2) is 0 Å². The van der Waals surface area contributed by atoms with Gasteiger partial charge in [-0.05, 0) is 32.4 Å². The van der Waals surface area contributed by atoms with Crippen molar-refractivity contribution < 1.29 is 0 Å². The highest BCUT2D eigenvalue weighted by atomic mass is 32.2. The highest BCUT2D eigenvalue weighted by Crippen LogP contribution is 2.40. The van der Waals surface area contributed by atoms with Gasteiger partial charge < -0.3 is 5.32 Å². The van der Waals surface area contributed by atoms with Crippen LogP contribution in [0.4, 0.5) is 0 Å². The van der Waals surface area contributed by atoms with Crippen LogP contribution >= 0.6 is 23.5 Å². The Morgan fingerprint density at radius 3 is 2.88 bits per heavy atom. The molecule has 1 saturated carbocycles. The van der Waals surface area contributed by atoms with Gasteiger partial charge in [0.05, 0.1) is 6.54 Å².